The molecular weight excluding hydrogens is 230 g/mol. The van der Waals surface area contributed by atoms with Gasteiger partial charge in [-0.3, -0.25) is 9.59 Å². The number of rotatable bonds is 5. The van der Waals surface area contributed by atoms with E-state index in [1.165, 1.54) is 14.0 Å². The smallest absolute Gasteiger partial charge is 0.329 e. The Labute approximate surface area is 99.3 Å². The molecule has 16 heavy (non-hydrogen) atoms. The Bertz CT molecular complexity index is 278. The van der Waals surface area contributed by atoms with E-state index in [4.69, 9.17) is 0 Å². The van der Waals surface area contributed by atoms with E-state index in [1.807, 2.05) is 0 Å². The van der Waals surface area contributed by atoms with Gasteiger partial charge in [-0.2, -0.15) is 0 Å². The molecule has 0 unspecified atom stereocenters. The first kappa shape index (κ1) is 15.0. The summed E-state index contributed by atoms with van der Waals surface area (Å²) < 4.78 is 4.53. The SMILES string of the molecule is COC(=O)[C@H](CSC(=O)C(C)C)NC(C)=O. The minimum atomic E-state index is -0.768. The van der Waals surface area contributed by atoms with Crippen LogP contribution in [0.3, 0.4) is 0 Å². The van der Waals surface area contributed by atoms with E-state index in [0.29, 0.717) is 0 Å². The number of amides is 1. The van der Waals surface area contributed by atoms with Crippen molar-refractivity contribution in [1.82, 2.24) is 5.32 Å². The number of carbonyl (C=O) groups excluding carboxylic acids is 3. The van der Waals surface area contributed by atoms with E-state index in [1.54, 1.807) is 13.8 Å². The number of hydrogen-bond acceptors (Lipinski definition) is 5. The van der Waals surface area contributed by atoms with Crippen molar-refractivity contribution in [3.8, 4) is 0 Å². The summed E-state index contributed by atoms with van der Waals surface area (Å²) in [6.07, 6.45) is 0. The molecule has 0 fully saturated rings. The molecular formula is C10H17NO4S. The van der Waals surface area contributed by atoms with Gasteiger partial charge in [0.25, 0.3) is 0 Å². The third kappa shape index (κ3) is 5.75. The summed E-state index contributed by atoms with van der Waals surface area (Å²) in [5.74, 6) is -0.767. The van der Waals surface area contributed by atoms with Gasteiger partial charge >= 0.3 is 5.97 Å². The van der Waals surface area contributed by atoms with Crippen molar-refractivity contribution >= 4 is 28.8 Å². The van der Waals surface area contributed by atoms with Crippen LogP contribution in [0.1, 0.15) is 20.8 Å². The summed E-state index contributed by atoms with van der Waals surface area (Å²) >= 11 is 1.02. The van der Waals surface area contributed by atoms with E-state index in [0.717, 1.165) is 11.8 Å². The lowest BCUT2D eigenvalue weighted by atomic mass is 10.3. The lowest BCUT2D eigenvalue weighted by molar-refractivity contribution is -0.144. The Morgan fingerprint density at radius 2 is 1.88 bits per heavy atom. The highest BCUT2D eigenvalue weighted by Gasteiger charge is 2.22. The second kappa shape index (κ2) is 7.27. The molecule has 0 aliphatic heterocycles. The number of hydrogen-bond donors (Lipinski definition) is 1. The van der Waals surface area contributed by atoms with Crippen LogP contribution in [-0.4, -0.2) is 35.9 Å². The van der Waals surface area contributed by atoms with Crippen molar-refractivity contribution in [3.63, 3.8) is 0 Å². The van der Waals surface area contributed by atoms with Crippen molar-refractivity contribution in [2.24, 2.45) is 5.92 Å². The Hall–Kier alpha value is -1.04. The third-order valence-corrected chi connectivity index (χ3v) is 2.98. The van der Waals surface area contributed by atoms with Crippen molar-refractivity contribution in [2.75, 3.05) is 12.9 Å². The molecule has 0 radical (unpaired) electrons. The van der Waals surface area contributed by atoms with E-state index < -0.39 is 12.0 Å². The number of thioether (sulfide) groups is 1. The maximum Gasteiger partial charge on any atom is 0.329 e. The molecule has 1 atom stereocenters. The van der Waals surface area contributed by atoms with Crippen LogP contribution in [0.25, 0.3) is 0 Å². The standard InChI is InChI=1S/C10H17NO4S/c1-6(2)10(14)16-5-8(9(13)15-4)11-7(3)12/h6,8H,5H2,1-4H3,(H,11,12)/t8-/m0/s1. The molecule has 0 bridgehead atoms. The van der Waals surface area contributed by atoms with Gasteiger partial charge in [-0.05, 0) is 0 Å². The summed E-state index contributed by atoms with van der Waals surface area (Å²) in [5, 5.41) is 2.42. The first-order valence-electron chi connectivity index (χ1n) is 4.90. The van der Waals surface area contributed by atoms with Crippen LogP contribution in [0.5, 0.6) is 0 Å². The molecule has 6 heteroatoms. The minimum absolute atomic E-state index is 0.0146. The predicted octanol–water partition coefficient (Wildman–Crippen LogP) is 0.580. The maximum absolute atomic E-state index is 11.3. The molecule has 5 nitrogen and oxygen atoms in total. The molecule has 1 N–H and O–H groups in total. The molecule has 0 saturated heterocycles. The van der Waals surface area contributed by atoms with Crippen LogP contribution in [0, 0.1) is 5.92 Å². The van der Waals surface area contributed by atoms with Crippen molar-refractivity contribution in [3.05, 3.63) is 0 Å². The summed E-state index contributed by atoms with van der Waals surface area (Å²) in [5.41, 5.74) is 0. The molecule has 0 rings (SSSR count). The third-order valence-electron chi connectivity index (χ3n) is 1.73. The number of esters is 1. The molecule has 0 heterocycles. The number of methoxy groups -OCH3 is 1. The molecule has 0 aromatic heterocycles. The van der Waals surface area contributed by atoms with Gasteiger partial charge in [0.2, 0.25) is 5.91 Å². The highest BCUT2D eigenvalue weighted by atomic mass is 32.2. The molecule has 0 aliphatic carbocycles. The second-order valence-corrected chi connectivity index (χ2v) is 4.59. The topological polar surface area (TPSA) is 72.5 Å². The fraction of sp³-hybridized carbons (Fsp3) is 0.700. The summed E-state index contributed by atoms with van der Waals surface area (Å²) in [6.45, 7) is 4.87. The van der Waals surface area contributed by atoms with Crippen molar-refractivity contribution in [2.45, 2.75) is 26.8 Å². The minimum Gasteiger partial charge on any atom is -0.467 e. The Morgan fingerprint density at radius 3 is 2.25 bits per heavy atom. The zero-order valence-corrected chi connectivity index (χ0v) is 10.7. The lowest BCUT2D eigenvalue weighted by Gasteiger charge is -2.14. The van der Waals surface area contributed by atoms with Crippen molar-refractivity contribution < 1.29 is 19.1 Å². The van der Waals surface area contributed by atoms with E-state index in [9.17, 15) is 14.4 Å². The fourth-order valence-electron chi connectivity index (χ4n) is 0.888. The summed E-state index contributed by atoms with van der Waals surface area (Å²) in [7, 11) is 1.24. The largest absolute Gasteiger partial charge is 0.467 e. The van der Waals surface area contributed by atoms with Gasteiger partial charge in [0.15, 0.2) is 5.12 Å². The number of nitrogens with one attached hydrogen (secondary N) is 1. The fourth-order valence-corrected chi connectivity index (χ4v) is 1.77. The van der Waals surface area contributed by atoms with Crippen LogP contribution in [0.4, 0.5) is 0 Å². The summed E-state index contributed by atoms with van der Waals surface area (Å²) in [6, 6.07) is -0.768. The average molecular weight is 247 g/mol. The van der Waals surface area contributed by atoms with Gasteiger partial charge < -0.3 is 10.1 Å². The van der Waals surface area contributed by atoms with Crippen LogP contribution in [-0.2, 0) is 19.1 Å². The highest BCUT2D eigenvalue weighted by Crippen LogP contribution is 2.12. The van der Waals surface area contributed by atoms with Crippen LogP contribution < -0.4 is 5.32 Å². The van der Waals surface area contributed by atoms with Gasteiger partial charge in [0, 0.05) is 18.6 Å². The lowest BCUT2D eigenvalue weighted by Crippen LogP contribution is -2.42. The second-order valence-electron chi connectivity index (χ2n) is 3.56. The summed E-state index contributed by atoms with van der Waals surface area (Å²) in [4.78, 5) is 33.5. The molecule has 92 valence electrons. The molecule has 0 spiro atoms. The van der Waals surface area contributed by atoms with Gasteiger partial charge in [0.1, 0.15) is 6.04 Å². The zero-order chi connectivity index (χ0) is 12.7. The Kier molecular flexibility index (Phi) is 6.80. The quantitative estimate of drug-likeness (QED) is 0.719. The Morgan fingerprint density at radius 1 is 1.31 bits per heavy atom. The maximum atomic E-state index is 11.3. The van der Waals surface area contributed by atoms with Crippen LogP contribution in [0.15, 0.2) is 0 Å². The normalized spacial score (nSPS) is 12.1. The first-order valence-corrected chi connectivity index (χ1v) is 5.88. The Balaban J connectivity index is 4.27. The van der Waals surface area contributed by atoms with Gasteiger partial charge in [-0.25, -0.2) is 4.79 Å². The van der Waals surface area contributed by atoms with Crippen LogP contribution >= 0.6 is 11.8 Å². The molecule has 0 aromatic carbocycles. The highest BCUT2D eigenvalue weighted by molar-refractivity contribution is 8.13. The molecule has 0 saturated carbocycles. The molecule has 0 aliphatic rings. The van der Waals surface area contributed by atoms with Gasteiger partial charge in [-0.1, -0.05) is 25.6 Å². The van der Waals surface area contributed by atoms with E-state index in [2.05, 4.69) is 10.1 Å². The van der Waals surface area contributed by atoms with Gasteiger partial charge in [-0.15, -0.1) is 0 Å². The number of carbonyl (C=O) groups is 3. The predicted molar refractivity (Wildman–Crippen MR) is 61.9 cm³/mol. The average Bonchev–Trinajstić information content (AvgIpc) is 2.21. The molecule has 0 aromatic rings. The van der Waals surface area contributed by atoms with Crippen LogP contribution in [0.2, 0.25) is 0 Å². The van der Waals surface area contributed by atoms with E-state index >= 15 is 0 Å². The van der Waals surface area contributed by atoms with Crippen molar-refractivity contribution in [1.29, 1.82) is 0 Å². The van der Waals surface area contributed by atoms with E-state index in [-0.39, 0.29) is 22.7 Å². The molecule has 1 amide bonds. The van der Waals surface area contributed by atoms with Gasteiger partial charge in [0.05, 0.1) is 7.11 Å². The first-order chi connectivity index (χ1) is 7.38. The zero-order valence-electron chi connectivity index (χ0n) is 9.90. The monoisotopic (exact) mass is 247 g/mol. The number of ether oxygens (including phenoxy) is 1.